The number of thiophene rings is 1. The number of amides is 2. The molecule has 0 radical (unpaired) electrons. The van der Waals surface area contributed by atoms with Gasteiger partial charge in [-0.05, 0) is 44.4 Å². The first-order chi connectivity index (χ1) is 14.4. The number of nitrogens with one attached hydrogen (secondary N) is 1. The molecule has 1 heterocycles. The lowest BCUT2D eigenvalue weighted by molar-refractivity contribution is -0.119. The maximum atomic E-state index is 12.5. The highest BCUT2D eigenvalue weighted by molar-refractivity contribution is 7.14. The molecule has 3 N–H and O–H groups in total. The molecule has 2 rings (SSSR count). The highest BCUT2D eigenvalue weighted by Gasteiger charge is 2.20. The number of rotatable bonds is 11. The molecule has 0 aliphatic carbocycles. The molecule has 9 nitrogen and oxygen atoms in total. The lowest BCUT2D eigenvalue weighted by Crippen LogP contribution is -2.22. The van der Waals surface area contributed by atoms with Gasteiger partial charge < -0.3 is 30.0 Å². The zero-order chi connectivity index (χ0) is 22.1. The third-order valence-electron chi connectivity index (χ3n) is 3.66. The number of hydrogen-bond acceptors (Lipinski definition) is 8. The van der Waals surface area contributed by atoms with E-state index in [2.05, 4.69) is 5.32 Å². The van der Waals surface area contributed by atoms with Gasteiger partial charge in [-0.15, -0.1) is 11.3 Å². The first-order valence-corrected chi connectivity index (χ1v) is 10.2. The molecule has 0 saturated carbocycles. The minimum Gasteiger partial charge on any atom is -0.490 e. The normalized spacial score (nSPS) is 10.2. The van der Waals surface area contributed by atoms with E-state index in [0.29, 0.717) is 42.1 Å². The van der Waals surface area contributed by atoms with Crippen LogP contribution in [0.1, 0.15) is 41.5 Å². The van der Waals surface area contributed by atoms with Crippen molar-refractivity contribution in [3.63, 3.8) is 0 Å². The van der Waals surface area contributed by atoms with Crippen molar-refractivity contribution in [2.45, 2.75) is 20.8 Å². The van der Waals surface area contributed by atoms with Crippen molar-refractivity contribution in [3.05, 3.63) is 34.7 Å². The van der Waals surface area contributed by atoms with Gasteiger partial charge in [0.05, 0.1) is 30.9 Å². The molecule has 1 aromatic carbocycles. The Hall–Kier alpha value is -3.27. The number of carbonyl (C=O) groups is 3. The number of esters is 1. The van der Waals surface area contributed by atoms with Crippen LogP contribution in [0.4, 0.5) is 5.00 Å². The molecule has 0 bridgehead atoms. The summed E-state index contributed by atoms with van der Waals surface area (Å²) in [5, 5.41) is 4.41. The second-order valence-corrected chi connectivity index (χ2v) is 6.67. The van der Waals surface area contributed by atoms with Gasteiger partial charge in [-0.1, -0.05) is 0 Å². The molecule has 0 fully saturated rings. The van der Waals surface area contributed by atoms with E-state index in [9.17, 15) is 14.4 Å². The van der Waals surface area contributed by atoms with Crippen molar-refractivity contribution >= 4 is 34.1 Å². The third-order valence-corrected chi connectivity index (χ3v) is 4.49. The summed E-state index contributed by atoms with van der Waals surface area (Å²) >= 11 is 1.14. The molecule has 162 valence electrons. The Morgan fingerprint density at radius 1 is 1.00 bits per heavy atom. The Labute approximate surface area is 178 Å². The van der Waals surface area contributed by atoms with Crippen LogP contribution in [-0.2, 0) is 9.53 Å². The van der Waals surface area contributed by atoms with E-state index < -0.39 is 24.4 Å². The highest BCUT2D eigenvalue weighted by Crippen LogP contribution is 2.39. The van der Waals surface area contributed by atoms with Gasteiger partial charge in [-0.25, -0.2) is 4.79 Å². The largest absolute Gasteiger partial charge is 0.490 e. The molecule has 10 heteroatoms. The summed E-state index contributed by atoms with van der Waals surface area (Å²) in [5.74, 6) is -0.930. The van der Waals surface area contributed by atoms with Crippen molar-refractivity contribution in [2.75, 3.05) is 31.7 Å². The van der Waals surface area contributed by atoms with E-state index in [1.54, 1.807) is 19.2 Å². The fourth-order valence-electron chi connectivity index (χ4n) is 2.48. The van der Waals surface area contributed by atoms with Gasteiger partial charge in [0.25, 0.3) is 11.8 Å². The lowest BCUT2D eigenvalue weighted by Gasteiger charge is -2.16. The fraction of sp³-hybridized carbons (Fsp3) is 0.350. The summed E-state index contributed by atoms with van der Waals surface area (Å²) in [5.41, 5.74) is 5.58. The van der Waals surface area contributed by atoms with E-state index >= 15 is 0 Å². The third kappa shape index (κ3) is 5.86. The van der Waals surface area contributed by atoms with Crippen molar-refractivity contribution < 1.29 is 33.3 Å². The number of benzene rings is 1. The van der Waals surface area contributed by atoms with Crippen LogP contribution in [0, 0.1) is 0 Å². The summed E-state index contributed by atoms with van der Waals surface area (Å²) in [6.07, 6.45) is 0. The molecule has 0 aliphatic heterocycles. The van der Waals surface area contributed by atoms with Gasteiger partial charge in [0.1, 0.15) is 5.00 Å². The van der Waals surface area contributed by atoms with Gasteiger partial charge in [0, 0.05) is 0 Å². The number of primary amides is 1. The number of ether oxygens (including phenoxy) is 4. The summed E-state index contributed by atoms with van der Waals surface area (Å²) in [7, 11) is 0. The molecule has 1 aromatic heterocycles. The molecule has 0 saturated heterocycles. The van der Waals surface area contributed by atoms with Crippen LogP contribution in [-0.4, -0.2) is 44.2 Å². The molecule has 30 heavy (non-hydrogen) atoms. The maximum absolute atomic E-state index is 12.5. The number of carbonyl (C=O) groups excluding carboxylic acids is 3. The molecule has 2 amide bonds. The van der Waals surface area contributed by atoms with Gasteiger partial charge in [0.15, 0.2) is 18.1 Å². The number of nitrogens with two attached hydrogens (primary N) is 1. The van der Waals surface area contributed by atoms with Crippen molar-refractivity contribution in [2.24, 2.45) is 5.73 Å². The number of hydrogen-bond donors (Lipinski definition) is 2. The molecule has 0 atom stereocenters. The molecule has 0 aliphatic rings. The van der Waals surface area contributed by atoms with Gasteiger partial charge in [-0.3, -0.25) is 9.59 Å². The Morgan fingerprint density at radius 2 is 1.60 bits per heavy atom. The maximum Gasteiger partial charge on any atom is 0.338 e. The van der Waals surface area contributed by atoms with Crippen LogP contribution < -0.4 is 25.3 Å². The Balaban J connectivity index is 2.12. The first-order valence-electron chi connectivity index (χ1n) is 9.31. The van der Waals surface area contributed by atoms with Crippen LogP contribution in [0.15, 0.2) is 23.6 Å². The van der Waals surface area contributed by atoms with Gasteiger partial charge >= 0.3 is 5.97 Å². The van der Waals surface area contributed by atoms with Crippen LogP contribution in [0.5, 0.6) is 17.2 Å². The second kappa shape index (κ2) is 11.1. The summed E-state index contributed by atoms with van der Waals surface area (Å²) in [6, 6.07) is 4.45. The quantitative estimate of drug-likeness (QED) is 0.519. The lowest BCUT2D eigenvalue weighted by atomic mass is 10.2. The van der Waals surface area contributed by atoms with Crippen molar-refractivity contribution in [1.82, 2.24) is 0 Å². The minimum atomic E-state index is -0.739. The summed E-state index contributed by atoms with van der Waals surface area (Å²) in [4.78, 5) is 35.9. The van der Waals surface area contributed by atoms with Crippen LogP contribution in [0.2, 0.25) is 0 Å². The average molecular weight is 436 g/mol. The minimum absolute atomic E-state index is 0.145. The average Bonchev–Trinajstić information content (AvgIpc) is 3.17. The Bertz CT molecular complexity index is 883. The number of anilines is 1. The Morgan fingerprint density at radius 3 is 2.13 bits per heavy atom. The van der Waals surface area contributed by atoms with E-state index in [4.69, 9.17) is 24.7 Å². The molecule has 2 aromatic rings. The first kappa shape index (κ1) is 23.0. The van der Waals surface area contributed by atoms with Crippen molar-refractivity contribution in [1.29, 1.82) is 0 Å². The summed E-state index contributed by atoms with van der Waals surface area (Å²) < 4.78 is 21.8. The predicted octanol–water partition coefficient (Wildman–Crippen LogP) is 2.84. The predicted molar refractivity (Wildman–Crippen MR) is 112 cm³/mol. The zero-order valence-corrected chi connectivity index (χ0v) is 17.8. The SMILES string of the molecule is CCOc1cc(C(=O)OCC(=O)Nc2sccc2C(N)=O)cc(OCC)c1OCC. The standard InChI is InChI=1S/C20H24N2O7S/c1-4-26-14-9-12(10-15(27-5-2)17(14)28-6-3)20(25)29-11-16(23)22-19-13(18(21)24)7-8-30-19/h7-10H,4-6,11H2,1-3H3,(H2,21,24)(H,22,23). The zero-order valence-electron chi connectivity index (χ0n) is 17.0. The van der Waals surface area contributed by atoms with Crippen molar-refractivity contribution in [3.8, 4) is 17.2 Å². The van der Waals surface area contributed by atoms with Crippen LogP contribution >= 0.6 is 11.3 Å². The Kier molecular flexibility index (Phi) is 8.48. The van der Waals surface area contributed by atoms with Gasteiger partial charge in [-0.2, -0.15) is 0 Å². The van der Waals surface area contributed by atoms with Crippen LogP contribution in [0.3, 0.4) is 0 Å². The molecule has 0 unspecified atom stereocenters. The van der Waals surface area contributed by atoms with E-state index in [0.717, 1.165) is 11.3 Å². The smallest absolute Gasteiger partial charge is 0.338 e. The molecular formula is C20H24N2O7S. The highest BCUT2D eigenvalue weighted by atomic mass is 32.1. The monoisotopic (exact) mass is 436 g/mol. The topological polar surface area (TPSA) is 126 Å². The molecular weight excluding hydrogens is 412 g/mol. The summed E-state index contributed by atoms with van der Waals surface area (Å²) in [6.45, 7) is 5.98. The van der Waals surface area contributed by atoms with Gasteiger partial charge in [0.2, 0.25) is 5.75 Å². The molecule has 0 spiro atoms. The van der Waals surface area contributed by atoms with E-state index in [-0.39, 0.29) is 11.1 Å². The van der Waals surface area contributed by atoms with E-state index in [1.165, 1.54) is 18.2 Å². The van der Waals surface area contributed by atoms with E-state index in [1.807, 2.05) is 6.92 Å². The van der Waals surface area contributed by atoms with Crippen LogP contribution in [0.25, 0.3) is 0 Å². The fourth-order valence-corrected chi connectivity index (χ4v) is 3.29. The second-order valence-electron chi connectivity index (χ2n) is 5.75.